The first kappa shape index (κ1) is 21.4. The van der Waals surface area contributed by atoms with E-state index >= 15 is 0 Å². The average Bonchev–Trinajstić information content (AvgIpc) is 3.21. The zero-order valence-electron chi connectivity index (χ0n) is 14.1. The Kier molecular flexibility index (Phi) is 13.2. The van der Waals surface area contributed by atoms with Crippen molar-refractivity contribution in [1.29, 1.82) is 0 Å². The van der Waals surface area contributed by atoms with Gasteiger partial charge >= 0.3 is 29.6 Å². The fourth-order valence-corrected chi connectivity index (χ4v) is 2.70. The van der Waals surface area contributed by atoms with E-state index in [0.717, 1.165) is 12.8 Å². The van der Waals surface area contributed by atoms with E-state index in [1.165, 1.54) is 64.2 Å². The van der Waals surface area contributed by atoms with Crippen molar-refractivity contribution in [3.8, 4) is 0 Å². The molecule has 1 heterocycles. The second-order valence-electron chi connectivity index (χ2n) is 6.21. The third kappa shape index (κ3) is 9.93. The Balaban J connectivity index is 0.00000400. The van der Waals surface area contributed by atoms with Crippen LogP contribution in [0.2, 0.25) is 0 Å². The van der Waals surface area contributed by atoms with E-state index in [1.807, 2.05) is 0 Å². The van der Waals surface area contributed by atoms with Crippen molar-refractivity contribution in [1.82, 2.24) is 0 Å². The molecule has 1 atom stereocenters. The van der Waals surface area contributed by atoms with Crippen LogP contribution in [-0.2, 0) is 9.53 Å². The maximum absolute atomic E-state index is 10.8. The molecule has 1 saturated heterocycles. The van der Waals surface area contributed by atoms with Gasteiger partial charge in [-0.2, -0.15) is 0 Å². The molecule has 1 aliphatic rings. The Morgan fingerprint density at radius 3 is 1.62 bits per heavy atom. The second-order valence-corrected chi connectivity index (χ2v) is 6.21. The molecule has 0 aliphatic carbocycles. The van der Waals surface area contributed by atoms with Crippen molar-refractivity contribution in [3.05, 3.63) is 0 Å². The zero-order valence-corrected chi connectivity index (χ0v) is 16.1. The van der Waals surface area contributed by atoms with Crippen LogP contribution in [0, 0.1) is 0 Å². The number of hydrogen-bond donors (Lipinski definition) is 0. The van der Waals surface area contributed by atoms with Gasteiger partial charge in [0, 0.05) is 0 Å². The Labute approximate surface area is 152 Å². The van der Waals surface area contributed by atoms with Gasteiger partial charge in [0.25, 0.3) is 0 Å². The number of rotatable bonds is 14. The maximum Gasteiger partial charge on any atom is 1.00 e. The Bertz CT molecular complexity index is 265. The molecule has 21 heavy (non-hydrogen) atoms. The minimum Gasteiger partial charge on any atom is -0.547 e. The van der Waals surface area contributed by atoms with Crippen LogP contribution in [0.15, 0.2) is 0 Å². The van der Waals surface area contributed by atoms with Gasteiger partial charge < -0.3 is 14.6 Å². The smallest absolute Gasteiger partial charge is 0.547 e. The topological polar surface area (TPSA) is 52.7 Å². The predicted octanol–water partition coefficient (Wildman–Crippen LogP) is 0.601. The van der Waals surface area contributed by atoms with Gasteiger partial charge in [0.2, 0.25) is 0 Å². The first-order valence-electron chi connectivity index (χ1n) is 8.57. The van der Waals surface area contributed by atoms with E-state index in [9.17, 15) is 9.90 Å². The number of aliphatic carboxylic acids is 1. The molecule has 0 radical (unpaired) electrons. The molecule has 4 heteroatoms. The summed E-state index contributed by atoms with van der Waals surface area (Å²) in [6.07, 6.45) is 16.2. The third-order valence-corrected chi connectivity index (χ3v) is 4.30. The fourth-order valence-electron chi connectivity index (χ4n) is 2.70. The molecule has 1 fully saturated rings. The van der Waals surface area contributed by atoms with Crippen LogP contribution >= 0.6 is 0 Å². The van der Waals surface area contributed by atoms with Crippen LogP contribution in [0.25, 0.3) is 0 Å². The number of unbranched alkanes of at least 4 members (excludes halogenated alkanes) is 11. The standard InChI is InChI=1S/C17H32O3.Na/c1-2-3-4-5-6-7-8-9-10-11-12-13-14-17(15-20-17)16(18)19;/h2-15H2,1H3,(H,18,19);/q;+1/p-1. The van der Waals surface area contributed by atoms with E-state index in [1.54, 1.807) is 0 Å². The summed E-state index contributed by atoms with van der Waals surface area (Å²) in [4.78, 5) is 10.8. The quantitative estimate of drug-likeness (QED) is 0.268. The van der Waals surface area contributed by atoms with Crippen molar-refractivity contribution in [2.75, 3.05) is 6.61 Å². The summed E-state index contributed by atoms with van der Waals surface area (Å²) >= 11 is 0. The van der Waals surface area contributed by atoms with Crippen molar-refractivity contribution in [2.24, 2.45) is 0 Å². The van der Waals surface area contributed by atoms with Crippen molar-refractivity contribution >= 4 is 5.97 Å². The van der Waals surface area contributed by atoms with E-state index in [0.29, 0.717) is 13.0 Å². The summed E-state index contributed by atoms with van der Waals surface area (Å²) in [5.41, 5.74) is -0.904. The van der Waals surface area contributed by atoms with Gasteiger partial charge in [-0.3, -0.25) is 0 Å². The normalized spacial score (nSPS) is 20.0. The summed E-state index contributed by atoms with van der Waals surface area (Å²) in [6, 6.07) is 0. The predicted molar refractivity (Wildman–Crippen MR) is 79.4 cm³/mol. The number of carboxylic acids is 1. The molecule has 0 bridgehead atoms. The van der Waals surface area contributed by atoms with Crippen LogP contribution in [0.4, 0.5) is 0 Å². The van der Waals surface area contributed by atoms with Crippen LogP contribution in [0.5, 0.6) is 0 Å². The van der Waals surface area contributed by atoms with Gasteiger partial charge in [-0.1, -0.05) is 84.0 Å². The van der Waals surface area contributed by atoms with Crippen LogP contribution in [-0.4, -0.2) is 18.2 Å². The van der Waals surface area contributed by atoms with E-state index in [4.69, 9.17) is 4.74 Å². The van der Waals surface area contributed by atoms with Crippen molar-refractivity contribution in [2.45, 2.75) is 96.0 Å². The van der Waals surface area contributed by atoms with Gasteiger partial charge in [0.1, 0.15) is 5.60 Å². The molecule has 1 rings (SSSR count). The summed E-state index contributed by atoms with van der Waals surface area (Å²) in [5.74, 6) is -1.03. The van der Waals surface area contributed by atoms with Gasteiger partial charge in [0.15, 0.2) is 0 Å². The number of epoxide rings is 1. The number of hydrogen-bond acceptors (Lipinski definition) is 3. The average molecular weight is 306 g/mol. The first-order chi connectivity index (χ1) is 9.71. The molecule has 0 saturated carbocycles. The summed E-state index contributed by atoms with van der Waals surface area (Å²) < 4.78 is 5.00. The molecule has 118 valence electrons. The minimum atomic E-state index is -1.03. The van der Waals surface area contributed by atoms with Crippen LogP contribution in [0.3, 0.4) is 0 Å². The van der Waals surface area contributed by atoms with Gasteiger partial charge in [-0.05, 0) is 6.42 Å². The van der Waals surface area contributed by atoms with Crippen LogP contribution in [0.1, 0.15) is 90.4 Å². The summed E-state index contributed by atoms with van der Waals surface area (Å²) in [6.45, 7) is 2.61. The summed E-state index contributed by atoms with van der Waals surface area (Å²) in [7, 11) is 0. The molecule has 1 aliphatic heterocycles. The minimum absolute atomic E-state index is 0. The van der Waals surface area contributed by atoms with Crippen molar-refractivity contribution < 1.29 is 44.2 Å². The van der Waals surface area contributed by atoms with Gasteiger partial charge in [-0.25, -0.2) is 0 Å². The van der Waals surface area contributed by atoms with Crippen LogP contribution < -0.4 is 34.7 Å². The first-order valence-corrected chi connectivity index (χ1v) is 8.57. The SMILES string of the molecule is CCCCCCCCCCCCCCC1(C(=O)[O-])CO1.[Na+]. The number of carbonyl (C=O) groups is 1. The molecule has 0 spiro atoms. The molecule has 1 unspecified atom stereocenters. The van der Waals surface area contributed by atoms with E-state index in [-0.39, 0.29) is 29.6 Å². The molecule has 0 aromatic heterocycles. The number of carboxylic acid groups (broad SMARTS) is 1. The number of ether oxygens (including phenoxy) is 1. The molecule has 0 aromatic carbocycles. The number of carbonyl (C=O) groups excluding carboxylic acids is 1. The van der Waals surface area contributed by atoms with E-state index < -0.39 is 11.6 Å². The molecule has 0 aromatic rings. The monoisotopic (exact) mass is 306 g/mol. The maximum atomic E-state index is 10.8. The molecule has 3 nitrogen and oxygen atoms in total. The fraction of sp³-hybridized carbons (Fsp3) is 0.941. The van der Waals surface area contributed by atoms with E-state index in [2.05, 4.69) is 6.92 Å². The molecular formula is C17H31NaO3. The summed E-state index contributed by atoms with van der Waals surface area (Å²) in [5, 5.41) is 10.8. The second kappa shape index (κ2) is 12.9. The Hall–Kier alpha value is 0.430. The zero-order chi connectivity index (χ0) is 14.7. The Morgan fingerprint density at radius 1 is 0.905 bits per heavy atom. The third-order valence-electron chi connectivity index (χ3n) is 4.30. The largest absolute Gasteiger partial charge is 1.00 e. The van der Waals surface area contributed by atoms with Crippen molar-refractivity contribution in [3.63, 3.8) is 0 Å². The molecule has 0 N–H and O–H groups in total. The molecule has 0 amide bonds. The van der Waals surface area contributed by atoms with Gasteiger partial charge in [0.05, 0.1) is 12.6 Å². The molecular weight excluding hydrogens is 275 g/mol. The van der Waals surface area contributed by atoms with Gasteiger partial charge in [-0.15, -0.1) is 0 Å². The Morgan fingerprint density at radius 2 is 1.29 bits per heavy atom.